The van der Waals surface area contributed by atoms with Gasteiger partial charge in [-0.15, -0.1) is 0 Å². The highest BCUT2D eigenvalue weighted by Crippen LogP contribution is 2.33. The normalized spacial score (nSPS) is 10.5. The maximum Gasteiger partial charge on any atom is 0.225 e. The van der Waals surface area contributed by atoms with E-state index in [1.54, 1.807) is 18.2 Å². The van der Waals surface area contributed by atoms with E-state index in [-0.39, 0.29) is 5.56 Å². The molecule has 0 saturated carbocycles. The number of halogens is 1. The summed E-state index contributed by atoms with van der Waals surface area (Å²) in [5.41, 5.74) is 3.35. The number of carbonyl (C=O) groups is 1. The molecule has 0 amide bonds. The number of rotatable bonds is 8. The Morgan fingerprint density at radius 3 is 2.00 bits per heavy atom. The highest BCUT2D eigenvalue weighted by Gasteiger charge is 2.15. The minimum absolute atomic E-state index is 0.226. The van der Waals surface area contributed by atoms with Crippen LogP contribution >= 0.6 is 0 Å². The van der Waals surface area contributed by atoms with Gasteiger partial charge in [-0.05, 0) is 34.9 Å². The van der Waals surface area contributed by atoms with E-state index >= 15 is 0 Å². The van der Waals surface area contributed by atoms with Gasteiger partial charge < -0.3 is 9.47 Å². The molecule has 154 valence electrons. The molecule has 4 nitrogen and oxygen atoms in total. The average molecular weight is 413 g/mol. The summed E-state index contributed by atoms with van der Waals surface area (Å²) in [6.45, 7) is 0.655. The van der Waals surface area contributed by atoms with Crippen molar-refractivity contribution >= 4 is 6.29 Å². The van der Waals surface area contributed by atoms with E-state index in [4.69, 9.17) is 9.47 Å². The van der Waals surface area contributed by atoms with Gasteiger partial charge in [0.25, 0.3) is 0 Å². The summed E-state index contributed by atoms with van der Waals surface area (Å²) in [4.78, 5) is 16.0. The third-order valence-corrected chi connectivity index (χ3v) is 4.71. The molecule has 0 N–H and O–H groups in total. The molecule has 0 fully saturated rings. The summed E-state index contributed by atoms with van der Waals surface area (Å²) in [7, 11) is 0. The van der Waals surface area contributed by atoms with E-state index in [0.717, 1.165) is 11.1 Å². The summed E-state index contributed by atoms with van der Waals surface area (Å²) in [5.74, 6) is 0.225. The van der Waals surface area contributed by atoms with Gasteiger partial charge in [-0.1, -0.05) is 66.7 Å². The molecule has 0 aliphatic rings. The second kappa shape index (κ2) is 9.67. The van der Waals surface area contributed by atoms with Crippen molar-refractivity contribution in [1.29, 1.82) is 0 Å². The standard InChI is InChI=1S/C26H20FNO3/c27-22-11-12-23(21(15-22)16-29)24-13-14-25(30-17-19-7-3-1-4-8-19)28-26(24)31-18-20-9-5-2-6-10-20/h1-16H,17-18H2. The summed E-state index contributed by atoms with van der Waals surface area (Å²) < 4.78 is 25.4. The van der Waals surface area contributed by atoms with Gasteiger partial charge in [0, 0.05) is 17.2 Å². The van der Waals surface area contributed by atoms with Gasteiger partial charge in [0.15, 0.2) is 6.29 Å². The fourth-order valence-electron chi connectivity index (χ4n) is 3.15. The van der Waals surface area contributed by atoms with Crippen LogP contribution in [-0.2, 0) is 13.2 Å². The van der Waals surface area contributed by atoms with Crippen molar-refractivity contribution in [3.05, 3.63) is 114 Å². The Bertz CT molecular complexity index is 1160. The van der Waals surface area contributed by atoms with Gasteiger partial charge >= 0.3 is 0 Å². The predicted molar refractivity (Wildman–Crippen MR) is 117 cm³/mol. The third-order valence-electron chi connectivity index (χ3n) is 4.71. The van der Waals surface area contributed by atoms with Crippen LogP contribution in [0.3, 0.4) is 0 Å². The van der Waals surface area contributed by atoms with Crippen molar-refractivity contribution in [2.24, 2.45) is 0 Å². The first kappa shape index (κ1) is 20.3. The van der Waals surface area contributed by atoms with Crippen LogP contribution in [0.1, 0.15) is 21.5 Å². The molecule has 5 heteroatoms. The second-order valence-corrected chi connectivity index (χ2v) is 6.90. The molecule has 0 unspecified atom stereocenters. The number of aldehydes is 1. The largest absolute Gasteiger partial charge is 0.473 e. The molecule has 0 bridgehead atoms. The summed E-state index contributed by atoms with van der Waals surface area (Å²) >= 11 is 0. The zero-order valence-corrected chi connectivity index (χ0v) is 16.7. The lowest BCUT2D eigenvalue weighted by Gasteiger charge is -2.14. The number of ether oxygens (including phenoxy) is 2. The molecule has 3 aromatic carbocycles. The van der Waals surface area contributed by atoms with Crippen molar-refractivity contribution in [2.45, 2.75) is 13.2 Å². The molecule has 0 saturated heterocycles. The molecule has 31 heavy (non-hydrogen) atoms. The predicted octanol–water partition coefficient (Wildman–Crippen LogP) is 5.86. The fourth-order valence-corrected chi connectivity index (χ4v) is 3.15. The lowest BCUT2D eigenvalue weighted by Crippen LogP contribution is -2.03. The van der Waals surface area contributed by atoms with Crippen LogP contribution < -0.4 is 9.47 Å². The average Bonchev–Trinajstić information content (AvgIpc) is 2.83. The van der Waals surface area contributed by atoms with E-state index in [9.17, 15) is 9.18 Å². The Hall–Kier alpha value is -3.99. The highest BCUT2D eigenvalue weighted by molar-refractivity contribution is 5.89. The lowest BCUT2D eigenvalue weighted by molar-refractivity contribution is 0.112. The maximum absolute atomic E-state index is 13.6. The Labute approximate surface area is 179 Å². The molecular formula is C26H20FNO3. The van der Waals surface area contributed by atoms with Gasteiger partial charge in [0.05, 0.1) is 0 Å². The van der Waals surface area contributed by atoms with E-state index in [0.29, 0.717) is 42.4 Å². The summed E-state index contributed by atoms with van der Waals surface area (Å²) in [6, 6.07) is 27.0. The van der Waals surface area contributed by atoms with Crippen LogP contribution in [0.15, 0.2) is 91.0 Å². The Morgan fingerprint density at radius 1 is 0.742 bits per heavy atom. The number of aromatic nitrogens is 1. The van der Waals surface area contributed by atoms with E-state index in [1.807, 2.05) is 60.7 Å². The monoisotopic (exact) mass is 413 g/mol. The van der Waals surface area contributed by atoms with Gasteiger partial charge in [-0.25, -0.2) is 4.39 Å². The molecule has 0 aliphatic heterocycles. The molecule has 1 aromatic heterocycles. The number of nitrogens with zero attached hydrogens (tertiary/aromatic N) is 1. The van der Waals surface area contributed by atoms with Crippen molar-refractivity contribution < 1.29 is 18.7 Å². The lowest BCUT2D eigenvalue weighted by atomic mass is 10.0. The van der Waals surface area contributed by atoms with Crippen LogP contribution in [0.2, 0.25) is 0 Å². The second-order valence-electron chi connectivity index (χ2n) is 6.90. The SMILES string of the molecule is O=Cc1cc(F)ccc1-c1ccc(OCc2ccccc2)nc1OCc1ccccc1. The molecular weight excluding hydrogens is 393 g/mol. The first-order chi connectivity index (χ1) is 15.2. The van der Waals surface area contributed by atoms with Crippen LogP contribution in [0, 0.1) is 5.82 Å². The van der Waals surface area contributed by atoms with Crippen molar-refractivity contribution in [3.8, 4) is 22.9 Å². The van der Waals surface area contributed by atoms with Gasteiger partial charge in [-0.2, -0.15) is 4.98 Å². The quantitative estimate of drug-likeness (QED) is 0.340. The molecule has 0 radical (unpaired) electrons. The topological polar surface area (TPSA) is 48.4 Å². The van der Waals surface area contributed by atoms with Crippen molar-refractivity contribution in [3.63, 3.8) is 0 Å². The fraction of sp³-hybridized carbons (Fsp3) is 0.0769. The number of hydrogen-bond acceptors (Lipinski definition) is 4. The van der Waals surface area contributed by atoms with E-state index in [1.165, 1.54) is 12.1 Å². The van der Waals surface area contributed by atoms with Crippen LogP contribution in [0.5, 0.6) is 11.8 Å². The zero-order valence-electron chi connectivity index (χ0n) is 16.7. The maximum atomic E-state index is 13.6. The van der Waals surface area contributed by atoms with Crippen LogP contribution in [0.25, 0.3) is 11.1 Å². The Kier molecular flexibility index (Phi) is 6.33. The third kappa shape index (κ3) is 5.14. The number of carbonyl (C=O) groups excluding carboxylic acids is 1. The Morgan fingerprint density at radius 2 is 1.35 bits per heavy atom. The van der Waals surface area contributed by atoms with Crippen molar-refractivity contribution in [1.82, 2.24) is 4.98 Å². The zero-order chi connectivity index (χ0) is 21.5. The van der Waals surface area contributed by atoms with Gasteiger partial charge in [0.2, 0.25) is 11.8 Å². The van der Waals surface area contributed by atoms with Crippen LogP contribution in [-0.4, -0.2) is 11.3 Å². The molecule has 1 heterocycles. The minimum Gasteiger partial charge on any atom is -0.473 e. The number of pyridine rings is 1. The molecule has 0 spiro atoms. The molecule has 0 aliphatic carbocycles. The van der Waals surface area contributed by atoms with Gasteiger partial charge in [0.1, 0.15) is 19.0 Å². The van der Waals surface area contributed by atoms with Crippen LogP contribution in [0.4, 0.5) is 4.39 Å². The van der Waals surface area contributed by atoms with Gasteiger partial charge in [-0.3, -0.25) is 4.79 Å². The first-order valence-electron chi connectivity index (χ1n) is 9.82. The highest BCUT2D eigenvalue weighted by atomic mass is 19.1. The molecule has 4 aromatic rings. The van der Waals surface area contributed by atoms with Crippen molar-refractivity contribution in [2.75, 3.05) is 0 Å². The minimum atomic E-state index is -0.478. The first-order valence-corrected chi connectivity index (χ1v) is 9.82. The number of benzene rings is 3. The Balaban J connectivity index is 1.65. The smallest absolute Gasteiger partial charge is 0.225 e. The van der Waals surface area contributed by atoms with E-state index in [2.05, 4.69) is 4.98 Å². The van der Waals surface area contributed by atoms with E-state index < -0.39 is 5.82 Å². The summed E-state index contributed by atoms with van der Waals surface area (Å²) in [5, 5.41) is 0. The summed E-state index contributed by atoms with van der Waals surface area (Å²) in [6.07, 6.45) is 0.624. The molecule has 4 rings (SSSR count). The molecule has 0 atom stereocenters. The number of hydrogen-bond donors (Lipinski definition) is 0.